The predicted molar refractivity (Wildman–Crippen MR) is 130 cm³/mol. The van der Waals surface area contributed by atoms with Gasteiger partial charge in [0.2, 0.25) is 0 Å². The van der Waals surface area contributed by atoms with Gasteiger partial charge in [-0.25, -0.2) is 0 Å². The van der Waals surface area contributed by atoms with E-state index in [9.17, 15) is 19.6 Å². The molecule has 0 N–H and O–H groups in total. The van der Waals surface area contributed by atoms with Crippen molar-refractivity contribution in [2.45, 2.75) is 92.1 Å². The van der Waals surface area contributed by atoms with Gasteiger partial charge in [-0.2, -0.15) is 5.26 Å². The molecular formula is C30H37NO4. The second-order valence-corrected chi connectivity index (χ2v) is 14.0. The van der Waals surface area contributed by atoms with E-state index in [1.54, 1.807) is 0 Å². The maximum absolute atomic E-state index is 14.4. The lowest BCUT2D eigenvalue weighted by atomic mass is 9.32. The molecule has 5 fully saturated rings. The number of carbonyl (C=O) groups excluding carboxylic acids is 3. The number of ketones is 2. The average Bonchev–Trinajstić information content (AvgIpc) is 2.79. The molecule has 0 amide bonds. The zero-order chi connectivity index (χ0) is 25.4. The SMILES string of the molecule is C[C@@H]1C(=O)C(C#N)=C[C@]2(C)C3=CC(=O)[C@@]4(C)C5CC(C)(C)CC[C@]56CCC4(OC6=O)[C@]3(C)CC[C@@H]12. The summed E-state index contributed by atoms with van der Waals surface area (Å²) in [4.78, 5) is 41.1. The third-order valence-corrected chi connectivity index (χ3v) is 12.2. The monoisotopic (exact) mass is 475 g/mol. The van der Waals surface area contributed by atoms with Crippen LogP contribution in [0.3, 0.4) is 0 Å². The number of allylic oxidation sites excluding steroid dienone is 3. The molecule has 0 aromatic carbocycles. The lowest BCUT2D eigenvalue weighted by Crippen LogP contribution is -2.79. The molecule has 3 saturated carbocycles. The number of hydrogen-bond donors (Lipinski definition) is 0. The molecule has 5 heteroatoms. The molecule has 5 aliphatic carbocycles. The van der Waals surface area contributed by atoms with Crippen molar-refractivity contribution in [3.05, 3.63) is 23.3 Å². The summed E-state index contributed by atoms with van der Waals surface area (Å²) in [5, 5.41) is 9.75. The Labute approximate surface area is 208 Å². The largest absolute Gasteiger partial charge is 0.457 e. The first-order valence-electron chi connectivity index (χ1n) is 13.4. The topological polar surface area (TPSA) is 84.2 Å². The number of rotatable bonds is 0. The van der Waals surface area contributed by atoms with E-state index in [2.05, 4.69) is 40.7 Å². The first kappa shape index (κ1) is 23.2. The fourth-order valence-electron chi connectivity index (χ4n) is 10.2. The molecule has 0 aromatic rings. The molecule has 7 rings (SSSR count). The Morgan fingerprint density at radius 2 is 1.69 bits per heavy atom. The van der Waals surface area contributed by atoms with E-state index in [0.29, 0.717) is 6.42 Å². The molecule has 8 atom stereocenters. The number of nitrogens with zero attached hydrogens (tertiary/aromatic N) is 1. The number of Topliss-reactive ketones (excluding diaryl/α,β-unsaturated/α-hetero) is 1. The lowest BCUT2D eigenvalue weighted by molar-refractivity contribution is -0.300. The molecule has 35 heavy (non-hydrogen) atoms. The first-order chi connectivity index (χ1) is 16.2. The highest BCUT2D eigenvalue weighted by molar-refractivity contribution is 6.03. The van der Waals surface area contributed by atoms with Crippen LogP contribution in [0.25, 0.3) is 0 Å². The molecule has 0 aromatic heterocycles. The Kier molecular flexibility index (Phi) is 4.22. The van der Waals surface area contributed by atoms with Crippen LogP contribution in [-0.4, -0.2) is 23.1 Å². The van der Waals surface area contributed by atoms with E-state index in [0.717, 1.165) is 44.1 Å². The van der Waals surface area contributed by atoms with Crippen LogP contribution >= 0.6 is 0 Å². The van der Waals surface area contributed by atoms with E-state index >= 15 is 0 Å². The molecule has 5 nitrogen and oxygen atoms in total. The number of fused-ring (bicyclic) bond motifs is 5. The molecule has 0 radical (unpaired) electrons. The smallest absolute Gasteiger partial charge is 0.313 e. The van der Waals surface area contributed by atoms with Crippen molar-refractivity contribution in [2.75, 3.05) is 0 Å². The molecule has 7 aliphatic rings. The number of ether oxygens (including phenoxy) is 1. The molecule has 2 unspecified atom stereocenters. The Bertz CT molecular complexity index is 1200. The van der Waals surface area contributed by atoms with E-state index in [-0.39, 0.29) is 46.3 Å². The predicted octanol–water partition coefficient (Wildman–Crippen LogP) is 5.50. The van der Waals surface area contributed by atoms with Crippen molar-refractivity contribution in [3.8, 4) is 6.07 Å². The molecule has 2 saturated heterocycles. The van der Waals surface area contributed by atoms with Crippen LogP contribution in [0.2, 0.25) is 0 Å². The van der Waals surface area contributed by atoms with Gasteiger partial charge in [0.1, 0.15) is 11.7 Å². The number of carbonyl (C=O) groups is 3. The highest BCUT2D eigenvalue weighted by Crippen LogP contribution is 2.78. The minimum atomic E-state index is -0.891. The van der Waals surface area contributed by atoms with Crippen LogP contribution in [0.4, 0.5) is 0 Å². The third kappa shape index (κ3) is 2.30. The maximum atomic E-state index is 14.4. The average molecular weight is 476 g/mol. The fourth-order valence-corrected chi connectivity index (χ4v) is 10.2. The summed E-state index contributed by atoms with van der Waals surface area (Å²) in [6.07, 6.45) is 9.39. The summed E-state index contributed by atoms with van der Waals surface area (Å²) in [5.74, 6) is -0.403. The lowest BCUT2D eigenvalue weighted by Gasteiger charge is -2.74. The van der Waals surface area contributed by atoms with Gasteiger partial charge in [0, 0.05) is 16.7 Å². The second-order valence-electron chi connectivity index (χ2n) is 14.0. The summed E-state index contributed by atoms with van der Waals surface area (Å²) >= 11 is 0. The third-order valence-electron chi connectivity index (χ3n) is 12.2. The van der Waals surface area contributed by atoms with Gasteiger partial charge in [0.05, 0.1) is 16.4 Å². The maximum Gasteiger partial charge on any atom is 0.313 e. The van der Waals surface area contributed by atoms with Crippen molar-refractivity contribution < 1.29 is 19.1 Å². The molecule has 2 aliphatic heterocycles. The van der Waals surface area contributed by atoms with Gasteiger partial charge in [0.15, 0.2) is 11.6 Å². The standard InChI is InChI=1S/C30H37NO4/c1-17-19-7-8-27(5)20(26(19,4)14-18(16-31)23(17)33)13-22(32)28(6)21-15-25(2,3)9-10-29(21)11-12-30(27,28)35-24(29)34/h13-14,17,19,21H,7-12,15H2,1-6H3/t17-,19-,21?,26-,27+,28+,29-,30?/m0/s1. The van der Waals surface area contributed by atoms with Crippen molar-refractivity contribution in [2.24, 2.45) is 44.8 Å². The van der Waals surface area contributed by atoms with Gasteiger partial charge in [-0.15, -0.1) is 0 Å². The Morgan fingerprint density at radius 1 is 1.00 bits per heavy atom. The minimum Gasteiger partial charge on any atom is -0.457 e. The summed E-state index contributed by atoms with van der Waals surface area (Å²) in [6, 6.07) is 2.12. The van der Waals surface area contributed by atoms with E-state index in [1.165, 1.54) is 0 Å². The fraction of sp³-hybridized carbons (Fsp3) is 0.733. The summed E-state index contributed by atoms with van der Waals surface area (Å²) in [7, 11) is 0. The zero-order valence-corrected chi connectivity index (χ0v) is 21.9. The second kappa shape index (κ2) is 6.36. The Balaban J connectivity index is 1.60. The van der Waals surface area contributed by atoms with Gasteiger partial charge < -0.3 is 4.74 Å². The normalized spacial score (nSPS) is 51.6. The number of nitriles is 1. The highest BCUT2D eigenvalue weighted by atomic mass is 16.6. The molecule has 186 valence electrons. The van der Waals surface area contributed by atoms with Crippen LogP contribution < -0.4 is 0 Å². The molecule has 2 heterocycles. The van der Waals surface area contributed by atoms with Gasteiger partial charge >= 0.3 is 5.97 Å². The molecule has 2 bridgehead atoms. The minimum absolute atomic E-state index is 0.0237. The van der Waals surface area contributed by atoms with Crippen LogP contribution in [0, 0.1) is 56.2 Å². The van der Waals surface area contributed by atoms with Crippen LogP contribution in [-0.2, 0) is 19.1 Å². The molecule has 2 spiro atoms. The van der Waals surface area contributed by atoms with Crippen molar-refractivity contribution >= 4 is 17.5 Å². The van der Waals surface area contributed by atoms with Crippen LogP contribution in [0.5, 0.6) is 0 Å². The van der Waals surface area contributed by atoms with Gasteiger partial charge in [-0.1, -0.05) is 40.7 Å². The van der Waals surface area contributed by atoms with E-state index < -0.39 is 27.3 Å². The van der Waals surface area contributed by atoms with Crippen molar-refractivity contribution in [1.82, 2.24) is 0 Å². The summed E-state index contributed by atoms with van der Waals surface area (Å²) in [6.45, 7) is 12.8. The number of esters is 1. The van der Waals surface area contributed by atoms with Crippen molar-refractivity contribution in [3.63, 3.8) is 0 Å². The quantitative estimate of drug-likeness (QED) is 0.432. The summed E-state index contributed by atoms with van der Waals surface area (Å²) < 4.78 is 6.62. The van der Waals surface area contributed by atoms with Crippen LogP contribution in [0.15, 0.2) is 23.3 Å². The van der Waals surface area contributed by atoms with E-state index in [4.69, 9.17) is 4.74 Å². The Hall–Kier alpha value is -2.22. The first-order valence-corrected chi connectivity index (χ1v) is 13.4. The van der Waals surface area contributed by atoms with Gasteiger partial charge in [0.25, 0.3) is 0 Å². The zero-order valence-electron chi connectivity index (χ0n) is 21.9. The van der Waals surface area contributed by atoms with Crippen LogP contribution in [0.1, 0.15) is 86.5 Å². The highest BCUT2D eigenvalue weighted by Gasteiger charge is 2.81. The van der Waals surface area contributed by atoms with Gasteiger partial charge in [-0.3, -0.25) is 14.4 Å². The molecular weight excluding hydrogens is 438 g/mol. The number of hydrogen-bond acceptors (Lipinski definition) is 5. The summed E-state index contributed by atoms with van der Waals surface area (Å²) in [5.41, 5.74) is -2.10. The van der Waals surface area contributed by atoms with E-state index in [1.807, 2.05) is 19.1 Å². The Morgan fingerprint density at radius 3 is 2.34 bits per heavy atom. The van der Waals surface area contributed by atoms with Gasteiger partial charge in [-0.05, 0) is 80.8 Å². The van der Waals surface area contributed by atoms with Crippen molar-refractivity contribution in [1.29, 1.82) is 5.26 Å².